The maximum absolute atomic E-state index is 12.3. The van der Waals surface area contributed by atoms with Crippen molar-refractivity contribution >= 4 is 11.7 Å². The number of amides is 1. The molecule has 1 aliphatic heterocycles. The summed E-state index contributed by atoms with van der Waals surface area (Å²) in [4.78, 5) is 13.9. The highest BCUT2D eigenvalue weighted by Crippen LogP contribution is 2.27. The van der Waals surface area contributed by atoms with Gasteiger partial charge in [-0.25, -0.2) is 4.79 Å². The fourth-order valence-electron chi connectivity index (χ4n) is 2.50. The van der Waals surface area contributed by atoms with Gasteiger partial charge in [0.25, 0.3) is 0 Å². The number of rotatable bonds is 2. The summed E-state index contributed by atoms with van der Waals surface area (Å²) in [7, 11) is 0. The Bertz CT molecular complexity index is 648. The van der Waals surface area contributed by atoms with Crippen LogP contribution in [0.3, 0.4) is 0 Å². The topological polar surface area (TPSA) is 73.6 Å². The molecule has 5 nitrogen and oxygen atoms in total. The first-order valence-corrected chi connectivity index (χ1v) is 7.64. The zero-order valence-corrected chi connectivity index (χ0v) is 13.8. The van der Waals surface area contributed by atoms with Gasteiger partial charge in [0, 0.05) is 13.1 Å². The Morgan fingerprint density at radius 2 is 2.00 bits per heavy atom. The van der Waals surface area contributed by atoms with Crippen molar-refractivity contribution in [3.05, 3.63) is 41.0 Å². The number of hydrogen-bond acceptors (Lipinski definition) is 4. The summed E-state index contributed by atoms with van der Waals surface area (Å²) in [6.07, 6.45) is 0.270. The minimum atomic E-state index is -0.535. The standard InChI is InChI=1S/C18H22N2O3/c1-18(2,3)23-17(22)20-9-8-15(12-21)16(11-20)14-6-4-13(10-19)5-7-14/h4-7,21H,8-9,11-12H2,1-3H3. The molecule has 0 saturated carbocycles. The van der Waals surface area contributed by atoms with Gasteiger partial charge in [0.05, 0.1) is 18.2 Å². The van der Waals surface area contributed by atoms with Crippen LogP contribution >= 0.6 is 0 Å². The Balaban J connectivity index is 2.23. The number of hydrogen-bond donors (Lipinski definition) is 1. The molecule has 1 aromatic rings. The van der Waals surface area contributed by atoms with Gasteiger partial charge in [0.1, 0.15) is 5.60 Å². The van der Waals surface area contributed by atoms with E-state index in [1.165, 1.54) is 0 Å². The van der Waals surface area contributed by atoms with Crippen molar-refractivity contribution in [3.63, 3.8) is 0 Å². The number of benzene rings is 1. The monoisotopic (exact) mass is 314 g/mol. The predicted molar refractivity (Wildman–Crippen MR) is 87.6 cm³/mol. The number of aliphatic hydroxyl groups is 1. The predicted octanol–water partition coefficient (Wildman–Crippen LogP) is 2.94. The lowest BCUT2D eigenvalue weighted by Gasteiger charge is -2.32. The largest absolute Gasteiger partial charge is 0.444 e. The van der Waals surface area contributed by atoms with Crippen LogP contribution in [0, 0.1) is 11.3 Å². The molecule has 0 spiro atoms. The Morgan fingerprint density at radius 3 is 2.52 bits per heavy atom. The van der Waals surface area contributed by atoms with Crippen LogP contribution in [-0.4, -0.2) is 41.4 Å². The third-order valence-corrected chi connectivity index (χ3v) is 3.66. The second-order valence-electron chi connectivity index (χ2n) is 6.58. The lowest BCUT2D eigenvalue weighted by molar-refractivity contribution is 0.0269. The molecule has 1 N–H and O–H groups in total. The van der Waals surface area contributed by atoms with Crippen LogP contribution in [0.1, 0.15) is 38.3 Å². The summed E-state index contributed by atoms with van der Waals surface area (Å²) in [6, 6.07) is 9.26. The van der Waals surface area contributed by atoms with E-state index in [0.717, 1.165) is 16.7 Å². The first-order chi connectivity index (χ1) is 10.8. The molecule has 0 saturated heterocycles. The highest BCUT2D eigenvalue weighted by Gasteiger charge is 2.27. The number of carbonyl (C=O) groups is 1. The maximum Gasteiger partial charge on any atom is 0.410 e. The molecule has 0 aromatic heterocycles. The van der Waals surface area contributed by atoms with Gasteiger partial charge in [-0.15, -0.1) is 0 Å². The summed E-state index contributed by atoms with van der Waals surface area (Å²) < 4.78 is 5.43. The van der Waals surface area contributed by atoms with Gasteiger partial charge in [-0.2, -0.15) is 5.26 Å². The minimum Gasteiger partial charge on any atom is -0.444 e. The summed E-state index contributed by atoms with van der Waals surface area (Å²) in [5, 5.41) is 18.5. The van der Waals surface area contributed by atoms with Crippen molar-refractivity contribution in [1.82, 2.24) is 4.90 Å². The van der Waals surface area contributed by atoms with E-state index in [0.29, 0.717) is 25.1 Å². The first-order valence-electron chi connectivity index (χ1n) is 7.64. The van der Waals surface area contributed by atoms with Gasteiger partial charge >= 0.3 is 6.09 Å². The molecule has 5 heteroatoms. The van der Waals surface area contributed by atoms with Gasteiger partial charge in [0.15, 0.2) is 0 Å². The molecular formula is C18H22N2O3. The number of nitriles is 1. The van der Waals surface area contributed by atoms with Crippen molar-refractivity contribution in [2.75, 3.05) is 19.7 Å². The normalized spacial score (nSPS) is 15.3. The van der Waals surface area contributed by atoms with Gasteiger partial charge in [-0.05, 0) is 56.0 Å². The summed E-state index contributed by atoms with van der Waals surface area (Å²) >= 11 is 0. The van der Waals surface area contributed by atoms with E-state index in [1.54, 1.807) is 17.0 Å². The molecule has 0 aliphatic carbocycles. The van der Waals surface area contributed by atoms with E-state index in [4.69, 9.17) is 10.00 Å². The third kappa shape index (κ3) is 4.33. The zero-order valence-electron chi connectivity index (χ0n) is 13.8. The van der Waals surface area contributed by atoms with E-state index in [9.17, 15) is 9.90 Å². The van der Waals surface area contributed by atoms with Crippen LogP contribution in [-0.2, 0) is 4.74 Å². The molecule has 122 valence electrons. The van der Waals surface area contributed by atoms with Crippen molar-refractivity contribution in [2.24, 2.45) is 0 Å². The third-order valence-electron chi connectivity index (χ3n) is 3.66. The molecular weight excluding hydrogens is 292 g/mol. The average molecular weight is 314 g/mol. The van der Waals surface area contributed by atoms with Gasteiger partial charge < -0.3 is 14.7 Å². The van der Waals surface area contributed by atoms with Crippen molar-refractivity contribution in [2.45, 2.75) is 32.8 Å². The second-order valence-corrected chi connectivity index (χ2v) is 6.58. The molecule has 1 amide bonds. The Labute approximate surface area is 136 Å². The fraction of sp³-hybridized carbons (Fsp3) is 0.444. The molecule has 1 heterocycles. The average Bonchev–Trinajstić information content (AvgIpc) is 2.52. The molecule has 0 fully saturated rings. The highest BCUT2D eigenvalue weighted by molar-refractivity contribution is 5.77. The first kappa shape index (κ1) is 17.0. The minimum absolute atomic E-state index is 0.0303. The Hall–Kier alpha value is -2.32. The van der Waals surface area contributed by atoms with E-state index < -0.39 is 5.60 Å². The Kier molecular flexibility index (Phi) is 5.07. The van der Waals surface area contributed by atoms with Crippen LogP contribution in [0.15, 0.2) is 29.8 Å². The number of aliphatic hydroxyl groups excluding tert-OH is 1. The van der Waals surface area contributed by atoms with E-state index in [-0.39, 0.29) is 12.7 Å². The lowest BCUT2D eigenvalue weighted by atomic mass is 9.94. The SMILES string of the molecule is CC(C)(C)OC(=O)N1CCC(CO)=C(c2ccc(C#N)cc2)C1. The molecule has 0 unspecified atom stereocenters. The molecule has 1 aromatic carbocycles. The van der Waals surface area contributed by atoms with Crippen molar-refractivity contribution in [1.29, 1.82) is 5.26 Å². The number of ether oxygens (including phenoxy) is 1. The lowest BCUT2D eigenvalue weighted by Crippen LogP contribution is -2.40. The second kappa shape index (κ2) is 6.84. The summed E-state index contributed by atoms with van der Waals surface area (Å²) in [6.45, 7) is 6.42. The van der Waals surface area contributed by atoms with Crippen molar-refractivity contribution < 1.29 is 14.6 Å². The van der Waals surface area contributed by atoms with Crippen LogP contribution in [0.25, 0.3) is 5.57 Å². The molecule has 0 atom stereocenters. The number of carbonyl (C=O) groups excluding carboxylic acids is 1. The fourth-order valence-corrected chi connectivity index (χ4v) is 2.50. The Morgan fingerprint density at radius 1 is 1.35 bits per heavy atom. The van der Waals surface area contributed by atoms with Gasteiger partial charge in [-0.1, -0.05) is 12.1 Å². The maximum atomic E-state index is 12.3. The molecule has 23 heavy (non-hydrogen) atoms. The van der Waals surface area contributed by atoms with E-state index in [1.807, 2.05) is 32.9 Å². The quantitative estimate of drug-likeness (QED) is 0.911. The smallest absolute Gasteiger partial charge is 0.410 e. The van der Waals surface area contributed by atoms with Gasteiger partial charge in [-0.3, -0.25) is 0 Å². The molecule has 1 aliphatic rings. The highest BCUT2D eigenvalue weighted by atomic mass is 16.6. The molecule has 2 rings (SSSR count). The summed E-state index contributed by atoms with van der Waals surface area (Å²) in [5.41, 5.74) is 2.82. The van der Waals surface area contributed by atoms with Crippen LogP contribution in [0.5, 0.6) is 0 Å². The summed E-state index contributed by atoms with van der Waals surface area (Å²) in [5.74, 6) is 0. The van der Waals surface area contributed by atoms with Crippen LogP contribution in [0.4, 0.5) is 4.79 Å². The van der Waals surface area contributed by atoms with Gasteiger partial charge in [0.2, 0.25) is 0 Å². The van der Waals surface area contributed by atoms with Crippen LogP contribution in [0.2, 0.25) is 0 Å². The molecule has 0 bridgehead atoms. The number of nitrogens with zero attached hydrogens (tertiary/aromatic N) is 2. The van der Waals surface area contributed by atoms with E-state index >= 15 is 0 Å². The zero-order chi connectivity index (χ0) is 17.0. The van der Waals surface area contributed by atoms with Crippen molar-refractivity contribution in [3.8, 4) is 6.07 Å². The van der Waals surface area contributed by atoms with Crippen LogP contribution < -0.4 is 0 Å². The van der Waals surface area contributed by atoms with E-state index in [2.05, 4.69) is 6.07 Å². The molecule has 0 radical (unpaired) electrons.